The average Bonchev–Trinajstić information content (AvgIpc) is 2.53. The van der Waals surface area contributed by atoms with E-state index in [9.17, 15) is 4.79 Å². The molecule has 0 spiro atoms. The zero-order valence-electron chi connectivity index (χ0n) is 15.2. The van der Waals surface area contributed by atoms with Gasteiger partial charge in [-0.3, -0.25) is 4.79 Å². The van der Waals surface area contributed by atoms with Gasteiger partial charge in [-0.1, -0.05) is 0 Å². The Labute approximate surface area is 162 Å². The van der Waals surface area contributed by atoms with Crippen molar-refractivity contribution < 1.29 is 14.3 Å². The van der Waals surface area contributed by atoms with Crippen molar-refractivity contribution in [3.05, 3.63) is 18.2 Å². The van der Waals surface area contributed by atoms with Gasteiger partial charge in [-0.15, -0.1) is 24.8 Å². The highest BCUT2D eigenvalue weighted by Gasteiger charge is 2.30. The van der Waals surface area contributed by atoms with E-state index in [1.54, 1.807) is 28.1 Å². The second-order valence-electron chi connectivity index (χ2n) is 6.53. The van der Waals surface area contributed by atoms with E-state index in [0.717, 1.165) is 43.1 Å². The summed E-state index contributed by atoms with van der Waals surface area (Å²) in [5.74, 6) is 1.52. The molecule has 1 saturated heterocycles. The smallest absolute Gasteiger partial charge is 0.242 e. The lowest BCUT2D eigenvalue weighted by Gasteiger charge is -2.36. The SMILES string of the molecule is COc1cc(NC2CCN(C(=O)C(C)(C)N)CC2)cc(OC)c1.Cl.Cl. The van der Waals surface area contributed by atoms with Gasteiger partial charge in [-0.25, -0.2) is 0 Å². The number of amides is 1. The van der Waals surface area contributed by atoms with Gasteiger partial charge in [0, 0.05) is 43.0 Å². The fourth-order valence-electron chi connectivity index (χ4n) is 2.76. The molecule has 0 atom stereocenters. The molecule has 0 aromatic heterocycles. The first-order valence-electron chi connectivity index (χ1n) is 7.91. The lowest BCUT2D eigenvalue weighted by Crippen LogP contribution is -2.54. The summed E-state index contributed by atoms with van der Waals surface area (Å²) in [5.41, 5.74) is 6.06. The molecule has 6 nitrogen and oxygen atoms in total. The molecule has 0 bridgehead atoms. The minimum Gasteiger partial charge on any atom is -0.497 e. The summed E-state index contributed by atoms with van der Waals surface area (Å²) in [7, 11) is 3.27. The van der Waals surface area contributed by atoms with Crippen LogP contribution < -0.4 is 20.5 Å². The van der Waals surface area contributed by atoms with Crippen LogP contribution in [0.4, 0.5) is 5.69 Å². The number of rotatable bonds is 5. The van der Waals surface area contributed by atoms with Crippen molar-refractivity contribution in [2.45, 2.75) is 38.3 Å². The number of piperidine rings is 1. The third kappa shape index (κ3) is 6.45. The maximum atomic E-state index is 12.2. The van der Waals surface area contributed by atoms with Crippen LogP contribution in [0.15, 0.2) is 18.2 Å². The number of halogens is 2. The first kappa shape index (κ1) is 23.6. The van der Waals surface area contributed by atoms with Crippen LogP contribution >= 0.6 is 24.8 Å². The molecule has 3 N–H and O–H groups in total. The molecule has 144 valence electrons. The fraction of sp³-hybridized carbons (Fsp3) is 0.588. The highest BCUT2D eigenvalue weighted by Crippen LogP contribution is 2.27. The Kier molecular flexibility index (Phi) is 9.40. The Hall–Kier alpha value is -1.37. The fourth-order valence-corrected chi connectivity index (χ4v) is 2.76. The van der Waals surface area contributed by atoms with Crippen molar-refractivity contribution in [2.24, 2.45) is 5.73 Å². The standard InChI is InChI=1S/C17H27N3O3.2ClH/c1-17(2,18)16(21)20-7-5-12(6-8-20)19-13-9-14(22-3)11-15(10-13)23-4;;/h9-12,19H,5-8,18H2,1-4H3;2*1H. The highest BCUT2D eigenvalue weighted by molar-refractivity contribution is 5.86. The Bertz CT molecular complexity index is 534. The maximum Gasteiger partial charge on any atom is 0.242 e. The number of hydrogen-bond donors (Lipinski definition) is 2. The number of hydrogen-bond acceptors (Lipinski definition) is 5. The quantitative estimate of drug-likeness (QED) is 0.803. The summed E-state index contributed by atoms with van der Waals surface area (Å²) in [6.45, 7) is 4.95. The number of nitrogens with two attached hydrogens (primary N) is 1. The molecule has 1 fully saturated rings. The summed E-state index contributed by atoms with van der Waals surface area (Å²) in [6.07, 6.45) is 1.78. The van der Waals surface area contributed by atoms with E-state index in [-0.39, 0.29) is 30.7 Å². The molecular weight excluding hydrogens is 365 g/mol. The summed E-state index contributed by atoms with van der Waals surface area (Å²) >= 11 is 0. The normalized spacial score (nSPS) is 14.8. The minimum atomic E-state index is -0.805. The molecule has 0 aliphatic carbocycles. The van der Waals surface area contributed by atoms with E-state index in [4.69, 9.17) is 15.2 Å². The van der Waals surface area contributed by atoms with Crippen molar-refractivity contribution in [2.75, 3.05) is 32.6 Å². The lowest BCUT2D eigenvalue weighted by atomic mass is 10.00. The zero-order valence-corrected chi connectivity index (χ0v) is 16.8. The second-order valence-corrected chi connectivity index (χ2v) is 6.53. The second kappa shape index (κ2) is 9.94. The van der Waals surface area contributed by atoms with Crippen LogP contribution in [0.25, 0.3) is 0 Å². The molecule has 8 heteroatoms. The Morgan fingerprint density at radius 3 is 2.00 bits per heavy atom. The Morgan fingerprint density at radius 1 is 1.12 bits per heavy atom. The van der Waals surface area contributed by atoms with Gasteiger partial charge in [-0.05, 0) is 26.7 Å². The molecule has 1 aromatic rings. The third-order valence-corrected chi connectivity index (χ3v) is 4.06. The monoisotopic (exact) mass is 393 g/mol. The Balaban J connectivity index is 0.00000288. The number of nitrogens with zero attached hydrogens (tertiary/aromatic N) is 1. The lowest BCUT2D eigenvalue weighted by molar-refractivity contribution is -0.136. The van der Waals surface area contributed by atoms with Crippen molar-refractivity contribution in [3.63, 3.8) is 0 Å². The number of nitrogens with one attached hydrogen (secondary N) is 1. The predicted molar refractivity (Wildman–Crippen MR) is 106 cm³/mol. The van der Waals surface area contributed by atoms with Gasteiger partial charge >= 0.3 is 0 Å². The molecule has 0 radical (unpaired) electrons. The first-order chi connectivity index (χ1) is 10.8. The van der Waals surface area contributed by atoms with Crippen LogP contribution in [0.3, 0.4) is 0 Å². The summed E-state index contributed by atoms with van der Waals surface area (Å²) in [6, 6.07) is 6.05. The average molecular weight is 394 g/mol. The minimum absolute atomic E-state index is 0. The van der Waals surface area contributed by atoms with Gasteiger partial charge in [0.15, 0.2) is 0 Å². The van der Waals surface area contributed by atoms with Crippen LogP contribution in [0, 0.1) is 0 Å². The van der Waals surface area contributed by atoms with E-state index >= 15 is 0 Å². The number of likely N-dealkylation sites (tertiary alicyclic amines) is 1. The maximum absolute atomic E-state index is 12.2. The summed E-state index contributed by atoms with van der Waals surface area (Å²) in [5, 5.41) is 3.50. The first-order valence-corrected chi connectivity index (χ1v) is 7.91. The van der Waals surface area contributed by atoms with E-state index in [1.807, 2.05) is 23.1 Å². The molecule has 1 aliphatic heterocycles. The number of ether oxygens (including phenoxy) is 2. The van der Waals surface area contributed by atoms with Gasteiger partial charge in [0.05, 0.1) is 19.8 Å². The third-order valence-electron chi connectivity index (χ3n) is 4.06. The zero-order chi connectivity index (χ0) is 17.0. The molecule has 2 rings (SSSR count). The van der Waals surface area contributed by atoms with Crippen molar-refractivity contribution in [3.8, 4) is 11.5 Å². The van der Waals surface area contributed by atoms with Crippen LogP contribution in [-0.4, -0.2) is 49.7 Å². The van der Waals surface area contributed by atoms with E-state index in [0.29, 0.717) is 6.04 Å². The molecule has 1 amide bonds. The summed E-state index contributed by atoms with van der Waals surface area (Å²) < 4.78 is 10.6. The van der Waals surface area contributed by atoms with Crippen LogP contribution in [0.2, 0.25) is 0 Å². The van der Waals surface area contributed by atoms with E-state index in [1.165, 1.54) is 0 Å². The number of anilines is 1. The van der Waals surface area contributed by atoms with Crippen molar-refractivity contribution in [1.82, 2.24) is 4.90 Å². The van der Waals surface area contributed by atoms with Crippen LogP contribution in [0.5, 0.6) is 11.5 Å². The number of carbonyl (C=O) groups excluding carboxylic acids is 1. The molecule has 1 aliphatic rings. The molecule has 0 unspecified atom stereocenters. The molecule has 1 heterocycles. The Morgan fingerprint density at radius 2 is 1.60 bits per heavy atom. The van der Waals surface area contributed by atoms with Gasteiger partial charge in [-0.2, -0.15) is 0 Å². The molecule has 1 aromatic carbocycles. The molecular formula is C17H29Cl2N3O3. The highest BCUT2D eigenvalue weighted by atomic mass is 35.5. The predicted octanol–water partition coefficient (Wildman–Crippen LogP) is 2.69. The van der Waals surface area contributed by atoms with Crippen LogP contribution in [-0.2, 0) is 4.79 Å². The van der Waals surface area contributed by atoms with E-state index < -0.39 is 5.54 Å². The van der Waals surface area contributed by atoms with Gasteiger partial charge in [0.1, 0.15) is 11.5 Å². The molecule has 25 heavy (non-hydrogen) atoms. The van der Waals surface area contributed by atoms with E-state index in [2.05, 4.69) is 5.32 Å². The molecule has 0 saturated carbocycles. The number of benzene rings is 1. The van der Waals surface area contributed by atoms with Crippen LogP contribution in [0.1, 0.15) is 26.7 Å². The largest absolute Gasteiger partial charge is 0.497 e. The number of methoxy groups -OCH3 is 2. The number of carbonyl (C=O) groups is 1. The van der Waals surface area contributed by atoms with Gasteiger partial charge in [0.25, 0.3) is 0 Å². The van der Waals surface area contributed by atoms with Crippen molar-refractivity contribution in [1.29, 1.82) is 0 Å². The summed E-state index contributed by atoms with van der Waals surface area (Å²) in [4.78, 5) is 14.1. The topological polar surface area (TPSA) is 76.8 Å². The van der Waals surface area contributed by atoms with Crippen molar-refractivity contribution >= 4 is 36.4 Å². The van der Waals surface area contributed by atoms with Gasteiger partial charge in [0.2, 0.25) is 5.91 Å². The van der Waals surface area contributed by atoms with Gasteiger partial charge < -0.3 is 25.4 Å².